The Labute approximate surface area is 111 Å². The Balaban J connectivity index is 2.09. The molecule has 0 spiro atoms. The number of halogens is 1. The third-order valence-corrected chi connectivity index (χ3v) is 3.89. The quantitative estimate of drug-likeness (QED) is 0.846. The van der Waals surface area contributed by atoms with Crippen molar-refractivity contribution in [2.45, 2.75) is 24.2 Å². The average molecular weight is 286 g/mol. The minimum absolute atomic E-state index is 0.0418. The van der Waals surface area contributed by atoms with Crippen LogP contribution < -0.4 is 10.5 Å². The highest BCUT2D eigenvalue weighted by molar-refractivity contribution is 7.89. The Kier molecular flexibility index (Phi) is 3.86. The van der Waals surface area contributed by atoms with Crippen LogP contribution in [0.2, 0.25) is 0 Å². The van der Waals surface area contributed by atoms with Crippen LogP contribution in [-0.4, -0.2) is 20.9 Å². The molecule has 0 bridgehead atoms. The van der Waals surface area contributed by atoms with Crippen LogP contribution in [0.25, 0.3) is 0 Å². The van der Waals surface area contributed by atoms with E-state index in [-0.39, 0.29) is 5.56 Å². The number of amides is 1. The van der Waals surface area contributed by atoms with E-state index in [9.17, 15) is 17.6 Å². The topological polar surface area (TPSA) is 89.3 Å². The second kappa shape index (κ2) is 5.26. The maximum Gasteiger partial charge on any atom is 0.251 e. The monoisotopic (exact) mass is 286 g/mol. The maximum atomic E-state index is 13.3. The fourth-order valence-corrected chi connectivity index (χ4v) is 2.32. The fourth-order valence-electron chi connectivity index (χ4n) is 1.76. The van der Waals surface area contributed by atoms with Gasteiger partial charge in [0, 0.05) is 12.1 Å². The number of hydrogen-bond donors (Lipinski definition) is 2. The first-order valence-electron chi connectivity index (χ1n) is 5.98. The summed E-state index contributed by atoms with van der Waals surface area (Å²) < 4.78 is 35.6. The Morgan fingerprint density at radius 1 is 1.37 bits per heavy atom. The highest BCUT2D eigenvalue weighted by atomic mass is 32.2. The van der Waals surface area contributed by atoms with E-state index in [4.69, 9.17) is 5.14 Å². The summed E-state index contributed by atoms with van der Waals surface area (Å²) in [5.74, 6) is -0.628. The predicted octanol–water partition coefficient (Wildman–Crippen LogP) is 1.00. The van der Waals surface area contributed by atoms with Crippen LogP contribution in [0.15, 0.2) is 23.1 Å². The summed E-state index contributed by atoms with van der Waals surface area (Å²) in [6, 6.07) is 2.85. The Bertz CT molecular complexity index is 597. The molecule has 1 saturated carbocycles. The van der Waals surface area contributed by atoms with E-state index in [2.05, 4.69) is 5.32 Å². The SMILES string of the molecule is NS(=O)(=O)c1cc(F)cc(C(=O)NCCC2CC2)c1. The number of hydrogen-bond acceptors (Lipinski definition) is 3. The summed E-state index contributed by atoms with van der Waals surface area (Å²) in [7, 11) is -4.03. The smallest absolute Gasteiger partial charge is 0.251 e. The summed E-state index contributed by atoms with van der Waals surface area (Å²) >= 11 is 0. The van der Waals surface area contributed by atoms with E-state index in [0.717, 1.165) is 24.6 Å². The first-order chi connectivity index (χ1) is 8.86. The second-order valence-corrected chi connectivity index (χ2v) is 6.27. The highest BCUT2D eigenvalue weighted by Gasteiger charge is 2.21. The Hall–Kier alpha value is -1.47. The summed E-state index contributed by atoms with van der Waals surface area (Å²) in [4.78, 5) is 11.4. The minimum Gasteiger partial charge on any atom is -0.352 e. The van der Waals surface area contributed by atoms with Crippen molar-refractivity contribution in [1.82, 2.24) is 5.32 Å². The van der Waals surface area contributed by atoms with Crippen LogP contribution in [0.3, 0.4) is 0 Å². The van der Waals surface area contributed by atoms with E-state index in [1.807, 2.05) is 0 Å². The number of benzene rings is 1. The standard InChI is InChI=1S/C12H15FN2O3S/c13-10-5-9(6-11(7-10)19(14,17)18)12(16)15-4-3-8-1-2-8/h5-8H,1-4H2,(H,15,16)(H2,14,17,18). The lowest BCUT2D eigenvalue weighted by Crippen LogP contribution is -2.25. The van der Waals surface area contributed by atoms with Gasteiger partial charge in [-0.25, -0.2) is 17.9 Å². The zero-order valence-corrected chi connectivity index (χ0v) is 11.0. The van der Waals surface area contributed by atoms with E-state index in [0.29, 0.717) is 12.5 Å². The zero-order chi connectivity index (χ0) is 14.0. The van der Waals surface area contributed by atoms with Crippen molar-refractivity contribution in [2.24, 2.45) is 11.1 Å². The minimum atomic E-state index is -4.03. The van der Waals surface area contributed by atoms with Crippen LogP contribution in [0.4, 0.5) is 4.39 Å². The molecule has 0 heterocycles. The van der Waals surface area contributed by atoms with E-state index < -0.39 is 26.6 Å². The van der Waals surface area contributed by atoms with Crippen LogP contribution >= 0.6 is 0 Å². The lowest BCUT2D eigenvalue weighted by atomic mass is 10.2. The molecule has 1 aliphatic carbocycles. The Morgan fingerprint density at radius 3 is 2.63 bits per heavy atom. The molecule has 1 aromatic rings. The average Bonchev–Trinajstić information content (AvgIpc) is 3.11. The van der Waals surface area contributed by atoms with Crippen molar-refractivity contribution in [2.75, 3.05) is 6.54 Å². The first-order valence-corrected chi connectivity index (χ1v) is 7.52. The third kappa shape index (κ3) is 4.00. The van der Waals surface area contributed by atoms with Gasteiger partial charge in [-0.15, -0.1) is 0 Å². The molecule has 5 nitrogen and oxygen atoms in total. The molecular weight excluding hydrogens is 271 g/mol. The molecule has 104 valence electrons. The summed E-state index contributed by atoms with van der Waals surface area (Å²) in [6.45, 7) is 0.505. The predicted molar refractivity (Wildman–Crippen MR) is 67.4 cm³/mol. The van der Waals surface area contributed by atoms with Crippen molar-refractivity contribution in [3.63, 3.8) is 0 Å². The first kappa shape index (κ1) is 14.0. The number of nitrogens with one attached hydrogen (secondary N) is 1. The summed E-state index contributed by atoms with van der Waals surface area (Å²) in [5, 5.41) is 7.55. The summed E-state index contributed by atoms with van der Waals surface area (Å²) in [6.07, 6.45) is 3.26. The van der Waals surface area contributed by atoms with Gasteiger partial charge in [0.25, 0.3) is 5.91 Å². The van der Waals surface area contributed by atoms with Crippen molar-refractivity contribution in [1.29, 1.82) is 0 Å². The molecule has 1 fully saturated rings. The van der Waals surface area contributed by atoms with E-state index >= 15 is 0 Å². The molecule has 0 unspecified atom stereocenters. The molecule has 7 heteroatoms. The summed E-state index contributed by atoms with van der Waals surface area (Å²) in [5.41, 5.74) is -0.0418. The van der Waals surface area contributed by atoms with Crippen molar-refractivity contribution in [3.8, 4) is 0 Å². The van der Waals surface area contributed by atoms with Gasteiger partial charge in [-0.05, 0) is 30.5 Å². The van der Waals surface area contributed by atoms with Crippen molar-refractivity contribution < 1.29 is 17.6 Å². The molecule has 0 atom stereocenters. The molecule has 2 rings (SSSR count). The van der Waals surface area contributed by atoms with Crippen LogP contribution in [-0.2, 0) is 10.0 Å². The van der Waals surface area contributed by atoms with Gasteiger partial charge in [-0.3, -0.25) is 4.79 Å². The van der Waals surface area contributed by atoms with Gasteiger partial charge >= 0.3 is 0 Å². The third-order valence-electron chi connectivity index (χ3n) is 3.00. The lowest BCUT2D eigenvalue weighted by molar-refractivity contribution is 0.0952. The van der Waals surface area contributed by atoms with E-state index in [1.54, 1.807) is 0 Å². The van der Waals surface area contributed by atoms with Gasteiger partial charge in [0.15, 0.2) is 0 Å². The zero-order valence-electron chi connectivity index (χ0n) is 10.2. The van der Waals surface area contributed by atoms with Crippen LogP contribution in [0.5, 0.6) is 0 Å². The largest absolute Gasteiger partial charge is 0.352 e. The number of nitrogens with two attached hydrogens (primary N) is 1. The molecular formula is C12H15FN2O3S. The molecule has 1 aliphatic rings. The molecule has 0 saturated heterocycles. The van der Waals surface area contributed by atoms with E-state index in [1.165, 1.54) is 12.8 Å². The lowest BCUT2D eigenvalue weighted by Gasteiger charge is -2.06. The Morgan fingerprint density at radius 2 is 2.05 bits per heavy atom. The van der Waals surface area contributed by atoms with Gasteiger partial charge < -0.3 is 5.32 Å². The number of carbonyl (C=O) groups excluding carboxylic acids is 1. The van der Waals surface area contributed by atoms with Gasteiger partial charge in [-0.1, -0.05) is 12.8 Å². The van der Waals surface area contributed by atoms with Crippen molar-refractivity contribution >= 4 is 15.9 Å². The van der Waals surface area contributed by atoms with Crippen LogP contribution in [0.1, 0.15) is 29.6 Å². The molecule has 0 aliphatic heterocycles. The normalized spacial score (nSPS) is 15.3. The molecule has 1 amide bonds. The number of primary sulfonamides is 1. The number of sulfonamides is 1. The highest BCUT2D eigenvalue weighted by Crippen LogP contribution is 2.31. The van der Waals surface area contributed by atoms with Crippen LogP contribution in [0, 0.1) is 11.7 Å². The number of rotatable bonds is 5. The molecule has 1 aromatic carbocycles. The van der Waals surface area contributed by atoms with Gasteiger partial charge in [0.2, 0.25) is 10.0 Å². The maximum absolute atomic E-state index is 13.3. The van der Waals surface area contributed by atoms with Crippen molar-refractivity contribution in [3.05, 3.63) is 29.6 Å². The van der Waals surface area contributed by atoms with Gasteiger partial charge in [0.05, 0.1) is 4.90 Å². The molecule has 3 N–H and O–H groups in total. The fraction of sp³-hybridized carbons (Fsp3) is 0.417. The second-order valence-electron chi connectivity index (χ2n) is 4.71. The molecule has 0 aromatic heterocycles. The molecule has 19 heavy (non-hydrogen) atoms. The van der Waals surface area contributed by atoms with Gasteiger partial charge in [0.1, 0.15) is 5.82 Å². The van der Waals surface area contributed by atoms with Gasteiger partial charge in [-0.2, -0.15) is 0 Å². The molecule has 0 radical (unpaired) electrons. The number of carbonyl (C=O) groups is 1.